The minimum absolute atomic E-state index is 0.181. The Bertz CT molecular complexity index is 518. The van der Waals surface area contributed by atoms with Crippen LogP contribution in [-0.2, 0) is 0 Å². The zero-order chi connectivity index (χ0) is 15.6. The van der Waals surface area contributed by atoms with Gasteiger partial charge in [-0.05, 0) is 61.3 Å². The molecule has 1 saturated heterocycles. The molecule has 1 fully saturated rings. The van der Waals surface area contributed by atoms with Crippen LogP contribution in [0.25, 0.3) is 0 Å². The Morgan fingerprint density at radius 3 is 2.57 bits per heavy atom. The smallest absolute Gasteiger partial charge is 0.253 e. The van der Waals surface area contributed by atoms with Gasteiger partial charge in [0.1, 0.15) is 0 Å². The third-order valence-corrected chi connectivity index (χ3v) is 5.53. The van der Waals surface area contributed by atoms with E-state index in [0.717, 1.165) is 41.5 Å². The lowest BCUT2D eigenvalue weighted by Gasteiger charge is -2.29. The summed E-state index contributed by atoms with van der Waals surface area (Å²) in [5.41, 5.74) is 2.26. The summed E-state index contributed by atoms with van der Waals surface area (Å²) in [6, 6.07) is 5.88. The largest absolute Gasteiger partial charge is 0.339 e. The Labute approximate surface area is 137 Å². The highest BCUT2D eigenvalue weighted by atomic mass is 79.9. The summed E-state index contributed by atoms with van der Waals surface area (Å²) >= 11 is 3.49. The molecular weight excluding hydrogens is 326 g/mol. The van der Waals surface area contributed by atoms with Crippen LogP contribution in [0.4, 0.5) is 0 Å². The fourth-order valence-electron chi connectivity index (χ4n) is 3.13. The first-order valence-corrected chi connectivity index (χ1v) is 8.64. The topological polar surface area (TPSA) is 20.3 Å². The highest BCUT2D eigenvalue weighted by molar-refractivity contribution is 9.10. The summed E-state index contributed by atoms with van der Waals surface area (Å²) in [5, 5.41) is 0. The standard InChI is InChI=1S/C18H26BrNO/c1-13-12-14(7-8-16(13)19)17(21)20-10-5-6-15(9-11-20)18(2,3)4/h7-8,12,15H,5-6,9-11H2,1-4H3. The number of benzene rings is 1. The van der Waals surface area contributed by atoms with Crippen molar-refractivity contribution in [1.29, 1.82) is 0 Å². The number of nitrogens with zero attached hydrogens (tertiary/aromatic N) is 1. The number of hydrogen-bond donors (Lipinski definition) is 0. The van der Waals surface area contributed by atoms with Crippen LogP contribution >= 0.6 is 15.9 Å². The van der Waals surface area contributed by atoms with E-state index in [1.165, 1.54) is 6.42 Å². The normalized spacial score (nSPS) is 20.2. The average Bonchev–Trinajstić information content (AvgIpc) is 2.66. The quantitative estimate of drug-likeness (QED) is 0.693. The van der Waals surface area contributed by atoms with Crippen molar-refractivity contribution in [2.75, 3.05) is 13.1 Å². The summed E-state index contributed by atoms with van der Waals surface area (Å²) < 4.78 is 1.06. The Morgan fingerprint density at radius 1 is 1.24 bits per heavy atom. The molecule has 1 aliphatic rings. The second kappa shape index (κ2) is 6.51. The van der Waals surface area contributed by atoms with Crippen molar-refractivity contribution in [2.24, 2.45) is 11.3 Å². The van der Waals surface area contributed by atoms with E-state index in [0.29, 0.717) is 11.3 Å². The predicted molar refractivity (Wildman–Crippen MR) is 91.6 cm³/mol. The molecule has 1 aromatic carbocycles. The fourth-order valence-corrected chi connectivity index (χ4v) is 3.37. The van der Waals surface area contributed by atoms with E-state index in [1.807, 2.05) is 30.0 Å². The molecule has 3 heteroatoms. The monoisotopic (exact) mass is 351 g/mol. The van der Waals surface area contributed by atoms with Gasteiger partial charge in [-0.25, -0.2) is 0 Å². The average molecular weight is 352 g/mol. The van der Waals surface area contributed by atoms with Gasteiger partial charge in [0.05, 0.1) is 0 Å². The molecule has 0 radical (unpaired) electrons. The molecule has 1 heterocycles. The molecule has 1 aromatic rings. The summed E-state index contributed by atoms with van der Waals surface area (Å²) in [6.07, 6.45) is 3.46. The molecule has 0 spiro atoms. The Kier molecular flexibility index (Phi) is 5.13. The van der Waals surface area contributed by atoms with Gasteiger partial charge in [0.2, 0.25) is 0 Å². The molecule has 0 aromatic heterocycles. The predicted octanol–water partition coefficient (Wildman–Crippen LogP) is 5.05. The van der Waals surface area contributed by atoms with Gasteiger partial charge < -0.3 is 4.90 Å². The molecule has 0 bridgehead atoms. The summed E-state index contributed by atoms with van der Waals surface area (Å²) in [7, 11) is 0. The van der Waals surface area contributed by atoms with E-state index in [-0.39, 0.29) is 5.91 Å². The maximum absolute atomic E-state index is 12.7. The number of likely N-dealkylation sites (tertiary alicyclic amines) is 1. The SMILES string of the molecule is Cc1cc(C(=O)N2CCCC(C(C)(C)C)CC2)ccc1Br. The van der Waals surface area contributed by atoms with Gasteiger partial charge in [-0.15, -0.1) is 0 Å². The number of carbonyl (C=O) groups is 1. The van der Waals surface area contributed by atoms with Gasteiger partial charge >= 0.3 is 0 Å². The Morgan fingerprint density at radius 2 is 1.95 bits per heavy atom. The maximum Gasteiger partial charge on any atom is 0.253 e. The van der Waals surface area contributed by atoms with Crippen LogP contribution in [0.3, 0.4) is 0 Å². The second-order valence-electron chi connectivity index (χ2n) is 7.25. The molecule has 0 N–H and O–H groups in total. The number of aryl methyl sites for hydroxylation is 1. The van der Waals surface area contributed by atoms with Crippen LogP contribution in [0.5, 0.6) is 0 Å². The Hall–Kier alpha value is -0.830. The highest BCUT2D eigenvalue weighted by Crippen LogP contribution is 2.34. The molecule has 116 valence electrons. The molecule has 2 rings (SSSR count). The van der Waals surface area contributed by atoms with E-state index < -0.39 is 0 Å². The van der Waals surface area contributed by atoms with Crippen LogP contribution in [0.2, 0.25) is 0 Å². The van der Waals surface area contributed by atoms with Crippen molar-refractivity contribution in [3.05, 3.63) is 33.8 Å². The van der Waals surface area contributed by atoms with Crippen molar-refractivity contribution >= 4 is 21.8 Å². The van der Waals surface area contributed by atoms with Gasteiger partial charge in [0.25, 0.3) is 5.91 Å². The van der Waals surface area contributed by atoms with Gasteiger partial charge in [-0.3, -0.25) is 4.79 Å². The maximum atomic E-state index is 12.7. The van der Waals surface area contributed by atoms with Crippen molar-refractivity contribution < 1.29 is 4.79 Å². The molecule has 1 amide bonds. The van der Waals surface area contributed by atoms with Gasteiger partial charge in [0, 0.05) is 23.1 Å². The van der Waals surface area contributed by atoms with Crippen LogP contribution in [-0.4, -0.2) is 23.9 Å². The van der Waals surface area contributed by atoms with E-state index in [4.69, 9.17) is 0 Å². The summed E-state index contributed by atoms with van der Waals surface area (Å²) in [5.74, 6) is 0.891. The minimum atomic E-state index is 0.181. The minimum Gasteiger partial charge on any atom is -0.339 e. The van der Waals surface area contributed by atoms with E-state index >= 15 is 0 Å². The molecule has 0 aliphatic carbocycles. The van der Waals surface area contributed by atoms with Crippen LogP contribution < -0.4 is 0 Å². The van der Waals surface area contributed by atoms with Gasteiger partial charge in [-0.1, -0.05) is 36.7 Å². The molecule has 0 saturated carbocycles. The fraction of sp³-hybridized carbons (Fsp3) is 0.611. The molecule has 1 unspecified atom stereocenters. The lowest BCUT2D eigenvalue weighted by molar-refractivity contribution is 0.0755. The first-order valence-electron chi connectivity index (χ1n) is 7.84. The molecule has 1 aliphatic heterocycles. The third kappa shape index (κ3) is 4.09. The zero-order valence-electron chi connectivity index (χ0n) is 13.6. The first-order chi connectivity index (χ1) is 9.79. The number of carbonyl (C=O) groups excluding carboxylic acids is 1. The van der Waals surface area contributed by atoms with Crippen molar-refractivity contribution in [2.45, 2.75) is 47.0 Å². The number of amides is 1. The van der Waals surface area contributed by atoms with Crippen LogP contribution in [0, 0.1) is 18.3 Å². The zero-order valence-corrected chi connectivity index (χ0v) is 15.2. The lowest BCUT2D eigenvalue weighted by atomic mass is 9.77. The van der Waals surface area contributed by atoms with E-state index in [2.05, 4.69) is 36.7 Å². The number of halogens is 1. The van der Waals surface area contributed by atoms with Crippen molar-refractivity contribution in [1.82, 2.24) is 4.90 Å². The van der Waals surface area contributed by atoms with Crippen molar-refractivity contribution in [3.63, 3.8) is 0 Å². The van der Waals surface area contributed by atoms with Gasteiger partial charge in [-0.2, -0.15) is 0 Å². The highest BCUT2D eigenvalue weighted by Gasteiger charge is 2.28. The summed E-state index contributed by atoms with van der Waals surface area (Å²) in [4.78, 5) is 14.7. The van der Waals surface area contributed by atoms with E-state index in [9.17, 15) is 4.79 Å². The van der Waals surface area contributed by atoms with Crippen LogP contribution in [0.15, 0.2) is 22.7 Å². The molecule has 2 nitrogen and oxygen atoms in total. The molecular formula is C18H26BrNO. The molecule has 1 atom stereocenters. The summed E-state index contributed by atoms with van der Waals surface area (Å²) in [6.45, 7) is 10.7. The Balaban J connectivity index is 2.08. The van der Waals surface area contributed by atoms with E-state index in [1.54, 1.807) is 0 Å². The number of rotatable bonds is 1. The van der Waals surface area contributed by atoms with Crippen LogP contribution in [0.1, 0.15) is 56.0 Å². The van der Waals surface area contributed by atoms with Crippen molar-refractivity contribution in [3.8, 4) is 0 Å². The number of hydrogen-bond acceptors (Lipinski definition) is 1. The second-order valence-corrected chi connectivity index (χ2v) is 8.10. The first kappa shape index (κ1) is 16.5. The van der Waals surface area contributed by atoms with Gasteiger partial charge in [0.15, 0.2) is 0 Å². The lowest BCUT2D eigenvalue weighted by Crippen LogP contribution is -2.32. The third-order valence-electron chi connectivity index (χ3n) is 4.64. The molecule has 21 heavy (non-hydrogen) atoms.